The Hall–Kier alpha value is -1.75. The van der Waals surface area contributed by atoms with Gasteiger partial charge in [0, 0.05) is 25.5 Å². The first kappa shape index (κ1) is 9.79. The molecular weight excluding hydrogens is 192 g/mol. The Labute approximate surface area is 87.9 Å². The Morgan fingerprint density at radius 1 is 1.47 bits per heavy atom. The lowest BCUT2D eigenvalue weighted by Gasteiger charge is -2.11. The second-order valence-corrected chi connectivity index (χ2v) is 3.19. The van der Waals surface area contributed by atoms with E-state index < -0.39 is 0 Å². The molecule has 0 aromatic rings. The van der Waals surface area contributed by atoms with Gasteiger partial charge in [0.1, 0.15) is 5.82 Å². The quantitative estimate of drug-likeness (QED) is 0.601. The number of aromatic nitrogens is 2. The van der Waals surface area contributed by atoms with Crippen molar-refractivity contribution in [3.8, 4) is 11.4 Å². The average Bonchev–Trinajstić information content (AvgIpc) is 2.69. The SMILES string of the molecule is CNc1cnc2[nH]ccc(NCCO)c1-2. The predicted molar refractivity (Wildman–Crippen MR) is 60.3 cm³/mol. The molecule has 0 aliphatic carbocycles. The minimum absolute atomic E-state index is 0.114. The number of hydrogen-bond donors (Lipinski definition) is 4. The molecule has 15 heavy (non-hydrogen) atoms. The molecule has 0 fully saturated rings. The molecule has 0 saturated carbocycles. The third kappa shape index (κ3) is 1.73. The van der Waals surface area contributed by atoms with Gasteiger partial charge in [0.05, 0.1) is 24.1 Å². The first-order valence-electron chi connectivity index (χ1n) is 4.85. The fraction of sp³-hybridized carbons (Fsp3) is 0.300. The van der Waals surface area contributed by atoms with Crippen LogP contribution in [0.15, 0.2) is 18.5 Å². The van der Waals surface area contributed by atoms with E-state index in [1.807, 2.05) is 19.3 Å². The van der Waals surface area contributed by atoms with E-state index in [0.29, 0.717) is 6.54 Å². The Morgan fingerprint density at radius 3 is 3.07 bits per heavy atom. The number of nitrogens with one attached hydrogen (secondary N) is 3. The van der Waals surface area contributed by atoms with E-state index in [1.54, 1.807) is 6.20 Å². The Bertz CT molecular complexity index is 412. The maximum atomic E-state index is 8.78. The first-order valence-corrected chi connectivity index (χ1v) is 4.85. The molecule has 0 aromatic carbocycles. The van der Waals surface area contributed by atoms with Gasteiger partial charge in [-0.3, -0.25) is 0 Å². The van der Waals surface area contributed by atoms with Crippen molar-refractivity contribution in [3.05, 3.63) is 18.5 Å². The van der Waals surface area contributed by atoms with Crippen LogP contribution in [0.25, 0.3) is 11.4 Å². The highest BCUT2D eigenvalue weighted by molar-refractivity contribution is 5.86. The number of aromatic amines is 1. The summed E-state index contributed by atoms with van der Waals surface area (Å²) in [6, 6.07) is 1.93. The summed E-state index contributed by atoms with van der Waals surface area (Å²) in [5.74, 6) is 0.835. The fourth-order valence-corrected chi connectivity index (χ4v) is 1.58. The zero-order valence-corrected chi connectivity index (χ0v) is 8.54. The number of fused-ring (bicyclic) bond motifs is 1. The summed E-state index contributed by atoms with van der Waals surface area (Å²) >= 11 is 0. The van der Waals surface area contributed by atoms with Crippen LogP contribution in [0.1, 0.15) is 0 Å². The van der Waals surface area contributed by atoms with Crippen molar-refractivity contribution in [1.82, 2.24) is 9.97 Å². The van der Waals surface area contributed by atoms with Gasteiger partial charge in [-0.05, 0) is 6.07 Å². The van der Waals surface area contributed by atoms with Crippen LogP contribution < -0.4 is 10.6 Å². The van der Waals surface area contributed by atoms with Crippen molar-refractivity contribution < 1.29 is 5.11 Å². The van der Waals surface area contributed by atoms with E-state index in [9.17, 15) is 0 Å². The number of aliphatic hydroxyl groups excluding tert-OH is 1. The van der Waals surface area contributed by atoms with Crippen LogP contribution in [0.5, 0.6) is 0 Å². The van der Waals surface area contributed by atoms with E-state index in [2.05, 4.69) is 20.6 Å². The standard InChI is InChI=1S/C10H14N4O/c1-11-8-6-14-10-9(8)7(2-3-13-10)12-4-5-15/h2-3,6,11,15H,4-5H2,1H3,(H2,12,13,14). The van der Waals surface area contributed by atoms with Gasteiger partial charge < -0.3 is 20.7 Å². The number of anilines is 2. The van der Waals surface area contributed by atoms with Gasteiger partial charge in [0.2, 0.25) is 0 Å². The summed E-state index contributed by atoms with van der Waals surface area (Å²) in [7, 11) is 1.86. The van der Waals surface area contributed by atoms with Gasteiger partial charge in [-0.1, -0.05) is 0 Å². The van der Waals surface area contributed by atoms with E-state index in [0.717, 1.165) is 22.8 Å². The number of pyridine rings is 1. The molecule has 2 aliphatic rings. The van der Waals surface area contributed by atoms with Crippen LogP contribution in [-0.2, 0) is 0 Å². The maximum absolute atomic E-state index is 8.78. The van der Waals surface area contributed by atoms with Gasteiger partial charge in [0.25, 0.3) is 0 Å². The topological polar surface area (TPSA) is 73.0 Å². The van der Waals surface area contributed by atoms with Crippen molar-refractivity contribution in [3.63, 3.8) is 0 Å². The third-order valence-electron chi connectivity index (χ3n) is 2.26. The molecule has 0 aromatic heterocycles. The highest BCUT2D eigenvalue weighted by Gasteiger charge is 2.14. The molecule has 0 unspecified atom stereocenters. The molecule has 5 heteroatoms. The lowest BCUT2D eigenvalue weighted by atomic mass is 10.2. The largest absolute Gasteiger partial charge is 0.395 e. The molecule has 0 saturated heterocycles. The van der Waals surface area contributed by atoms with Gasteiger partial charge in [0.15, 0.2) is 0 Å². The second-order valence-electron chi connectivity index (χ2n) is 3.19. The summed E-state index contributed by atoms with van der Waals surface area (Å²) in [4.78, 5) is 7.31. The van der Waals surface area contributed by atoms with Gasteiger partial charge in [-0.2, -0.15) is 0 Å². The monoisotopic (exact) mass is 206 g/mol. The molecule has 0 radical (unpaired) electrons. The molecule has 2 aliphatic heterocycles. The second kappa shape index (κ2) is 4.18. The molecule has 0 atom stereocenters. The minimum atomic E-state index is 0.114. The molecule has 2 rings (SSSR count). The van der Waals surface area contributed by atoms with Crippen molar-refractivity contribution in [2.24, 2.45) is 0 Å². The highest BCUT2D eigenvalue weighted by atomic mass is 16.3. The van der Waals surface area contributed by atoms with Crippen LogP contribution in [0.4, 0.5) is 11.4 Å². The molecular formula is C10H14N4O. The smallest absolute Gasteiger partial charge is 0.141 e. The Balaban J connectivity index is 2.40. The molecule has 0 amide bonds. The van der Waals surface area contributed by atoms with Crippen LogP contribution in [0.3, 0.4) is 0 Å². The summed E-state index contributed by atoms with van der Waals surface area (Å²) < 4.78 is 0. The number of rotatable bonds is 4. The normalized spacial score (nSPS) is 10.5. The molecule has 0 bridgehead atoms. The highest BCUT2D eigenvalue weighted by Crippen LogP contribution is 2.34. The van der Waals surface area contributed by atoms with E-state index in [4.69, 9.17) is 5.11 Å². The van der Waals surface area contributed by atoms with Crippen molar-refractivity contribution in [2.45, 2.75) is 0 Å². The summed E-state index contributed by atoms with van der Waals surface area (Å²) in [5.41, 5.74) is 2.97. The van der Waals surface area contributed by atoms with E-state index in [1.165, 1.54) is 0 Å². The summed E-state index contributed by atoms with van der Waals surface area (Å²) in [6.07, 6.45) is 3.61. The van der Waals surface area contributed by atoms with E-state index >= 15 is 0 Å². The molecule has 2 heterocycles. The lowest BCUT2D eigenvalue weighted by Crippen LogP contribution is -2.07. The number of H-pyrrole nitrogens is 1. The maximum Gasteiger partial charge on any atom is 0.141 e. The lowest BCUT2D eigenvalue weighted by molar-refractivity contribution is 0.311. The average molecular weight is 206 g/mol. The third-order valence-corrected chi connectivity index (χ3v) is 2.26. The van der Waals surface area contributed by atoms with Gasteiger partial charge in [-0.15, -0.1) is 0 Å². The zero-order valence-electron chi connectivity index (χ0n) is 8.54. The summed E-state index contributed by atoms with van der Waals surface area (Å²) in [6.45, 7) is 0.649. The van der Waals surface area contributed by atoms with Crippen LogP contribution in [0.2, 0.25) is 0 Å². The van der Waals surface area contributed by atoms with Crippen molar-refractivity contribution in [1.29, 1.82) is 0 Å². The van der Waals surface area contributed by atoms with Crippen molar-refractivity contribution in [2.75, 3.05) is 30.8 Å². The minimum Gasteiger partial charge on any atom is -0.395 e. The van der Waals surface area contributed by atoms with Crippen molar-refractivity contribution >= 4 is 11.4 Å². The van der Waals surface area contributed by atoms with Gasteiger partial charge >= 0.3 is 0 Å². The predicted octanol–water partition coefficient (Wildman–Crippen LogP) is 0.960. The Kier molecular flexibility index (Phi) is 2.73. The zero-order chi connectivity index (χ0) is 10.7. The summed E-state index contributed by atoms with van der Waals surface area (Å²) in [5, 5.41) is 15.0. The van der Waals surface area contributed by atoms with Crippen LogP contribution >= 0.6 is 0 Å². The number of aliphatic hydroxyl groups is 1. The molecule has 0 spiro atoms. The fourth-order valence-electron chi connectivity index (χ4n) is 1.58. The Morgan fingerprint density at radius 2 is 2.33 bits per heavy atom. The van der Waals surface area contributed by atoms with Gasteiger partial charge in [-0.25, -0.2) is 4.98 Å². The molecule has 80 valence electrons. The molecule has 4 N–H and O–H groups in total. The van der Waals surface area contributed by atoms with Crippen LogP contribution in [-0.4, -0.2) is 35.3 Å². The number of nitrogens with zero attached hydrogens (tertiary/aromatic N) is 1. The number of hydrogen-bond acceptors (Lipinski definition) is 4. The first-order chi connectivity index (χ1) is 7.36. The molecule has 5 nitrogen and oxygen atoms in total. The van der Waals surface area contributed by atoms with Crippen LogP contribution in [0, 0.1) is 0 Å². The van der Waals surface area contributed by atoms with E-state index in [-0.39, 0.29) is 6.61 Å².